The van der Waals surface area contributed by atoms with Crippen LogP contribution in [0.15, 0.2) is 18.2 Å². The molecular weight excluding hydrogens is 224 g/mol. The molecule has 1 amide bonds. The van der Waals surface area contributed by atoms with E-state index in [-0.39, 0.29) is 5.91 Å². The van der Waals surface area contributed by atoms with Gasteiger partial charge in [0.15, 0.2) is 0 Å². The number of hydrogen-bond donors (Lipinski definition) is 1. The molecule has 1 N–H and O–H groups in total. The summed E-state index contributed by atoms with van der Waals surface area (Å²) in [5.74, 6) is 0.242. The van der Waals surface area contributed by atoms with Crippen LogP contribution in [0.3, 0.4) is 0 Å². The lowest BCUT2D eigenvalue weighted by molar-refractivity contribution is -0.131. The molecule has 18 heavy (non-hydrogen) atoms. The molecule has 0 radical (unpaired) electrons. The number of aryl methyl sites for hydroxylation is 2. The highest BCUT2D eigenvalue weighted by Crippen LogP contribution is 2.12. The third-order valence-electron chi connectivity index (χ3n) is 3.65. The van der Waals surface area contributed by atoms with Gasteiger partial charge in [0, 0.05) is 25.7 Å². The highest BCUT2D eigenvalue weighted by Gasteiger charge is 2.20. The number of benzene rings is 1. The minimum absolute atomic E-state index is 0.242. The van der Waals surface area contributed by atoms with Crippen molar-refractivity contribution in [2.45, 2.75) is 33.2 Å². The molecule has 2 rings (SSSR count). The maximum atomic E-state index is 12.2. The van der Waals surface area contributed by atoms with Crippen LogP contribution in [0.25, 0.3) is 0 Å². The fraction of sp³-hybridized carbons (Fsp3) is 0.533. The molecule has 0 spiro atoms. The molecule has 0 aromatic heterocycles. The van der Waals surface area contributed by atoms with Gasteiger partial charge in [0.25, 0.3) is 0 Å². The highest BCUT2D eigenvalue weighted by molar-refractivity contribution is 5.79. The third-order valence-corrected chi connectivity index (χ3v) is 3.65. The van der Waals surface area contributed by atoms with Crippen LogP contribution in [0.4, 0.5) is 0 Å². The molecule has 98 valence electrons. The SMILES string of the molecule is Cc1ccc(CC(=O)N2CCNC(C)C2)cc1C. The van der Waals surface area contributed by atoms with E-state index in [1.54, 1.807) is 0 Å². The van der Waals surface area contributed by atoms with Crippen LogP contribution in [0.2, 0.25) is 0 Å². The molecular formula is C15H22N2O. The van der Waals surface area contributed by atoms with Gasteiger partial charge in [-0.1, -0.05) is 18.2 Å². The smallest absolute Gasteiger partial charge is 0.227 e. The van der Waals surface area contributed by atoms with Crippen molar-refractivity contribution >= 4 is 5.91 Å². The average molecular weight is 246 g/mol. The minimum Gasteiger partial charge on any atom is -0.340 e. The first-order valence-electron chi connectivity index (χ1n) is 6.63. The second-order valence-electron chi connectivity index (χ2n) is 5.29. The summed E-state index contributed by atoms with van der Waals surface area (Å²) in [5, 5.41) is 3.35. The Labute approximate surface area is 109 Å². The minimum atomic E-state index is 0.242. The molecule has 1 aromatic carbocycles. The molecule has 1 saturated heterocycles. The van der Waals surface area contributed by atoms with Crippen molar-refractivity contribution in [2.75, 3.05) is 19.6 Å². The Bertz CT molecular complexity index is 442. The summed E-state index contributed by atoms with van der Waals surface area (Å²) >= 11 is 0. The lowest BCUT2D eigenvalue weighted by atomic mass is 10.0. The van der Waals surface area contributed by atoms with Gasteiger partial charge in [-0.3, -0.25) is 4.79 Å². The number of rotatable bonds is 2. The number of piperazine rings is 1. The fourth-order valence-corrected chi connectivity index (χ4v) is 2.36. The van der Waals surface area contributed by atoms with E-state index in [1.807, 2.05) is 4.90 Å². The molecule has 1 aromatic rings. The Balaban J connectivity index is 2.00. The topological polar surface area (TPSA) is 32.3 Å². The summed E-state index contributed by atoms with van der Waals surface area (Å²) in [6, 6.07) is 6.69. The van der Waals surface area contributed by atoms with Crippen molar-refractivity contribution in [3.63, 3.8) is 0 Å². The number of nitrogens with zero attached hydrogens (tertiary/aromatic N) is 1. The summed E-state index contributed by atoms with van der Waals surface area (Å²) in [7, 11) is 0. The van der Waals surface area contributed by atoms with Gasteiger partial charge in [0.2, 0.25) is 5.91 Å². The quantitative estimate of drug-likeness (QED) is 0.861. The fourth-order valence-electron chi connectivity index (χ4n) is 2.36. The summed E-state index contributed by atoms with van der Waals surface area (Å²) in [6.07, 6.45) is 0.522. The van der Waals surface area contributed by atoms with Gasteiger partial charge < -0.3 is 10.2 Å². The highest BCUT2D eigenvalue weighted by atomic mass is 16.2. The number of hydrogen-bond acceptors (Lipinski definition) is 2. The van der Waals surface area contributed by atoms with Gasteiger partial charge in [-0.05, 0) is 37.5 Å². The van der Waals surface area contributed by atoms with Crippen LogP contribution in [0, 0.1) is 13.8 Å². The van der Waals surface area contributed by atoms with E-state index < -0.39 is 0 Å². The Hall–Kier alpha value is -1.35. The van der Waals surface area contributed by atoms with Crippen LogP contribution in [0.1, 0.15) is 23.6 Å². The van der Waals surface area contributed by atoms with Gasteiger partial charge in [0.1, 0.15) is 0 Å². The largest absolute Gasteiger partial charge is 0.340 e. The molecule has 1 heterocycles. The lowest BCUT2D eigenvalue weighted by Gasteiger charge is -2.32. The van der Waals surface area contributed by atoms with Crippen LogP contribution in [-0.2, 0) is 11.2 Å². The van der Waals surface area contributed by atoms with E-state index in [2.05, 4.69) is 44.3 Å². The first kappa shape index (κ1) is 13.1. The van der Waals surface area contributed by atoms with Crippen molar-refractivity contribution in [2.24, 2.45) is 0 Å². The number of carbonyl (C=O) groups is 1. The van der Waals surface area contributed by atoms with E-state index in [0.29, 0.717) is 12.5 Å². The zero-order valence-corrected chi connectivity index (χ0v) is 11.5. The first-order valence-corrected chi connectivity index (χ1v) is 6.63. The summed E-state index contributed by atoms with van der Waals surface area (Å²) in [4.78, 5) is 14.2. The van der Waals surface area contributed by atoms with Gasteiger partial charge in [0.05, 0.1) is 6.42 Å². The van der Waals surface area contributed by atoms with Gasteiger partial charge in [-0.25, -0.2) is 0 Å². The molecule has 1 fully saturated rings. The molecule has 0 bridgehead atoms. The monoisotopic (exact) mass is 246 g/mol. The van der Waals surface area contributed by atoms with E-state index in [1.165, 1.54) is 11.1 Å². The molecule has 1 aliphatic rings. The third kappa shape index (κ3) is 3.10. The standard InChI is InChI=1S/C15H22N2O/c1-11-4-5-14(8-12(11)2)9-15(18)17-7-6-16-13(3)10-17/h4-5,8,13,16H,6-7,9-10H2,1-3H3. The molecule has 1 atom stereocenters. The molecule has 1 aliphatic heterocycles. The average Bonchev–Trinajstić information content (AvgIpc) is 2.34. The van der Waals surface area contributed by atoms with Crippen molar-refractivity contribution in [1.29, 1.82) is 0 Å². The van der Waals surface area contributed by atoms with E-state index in [0.717, 1.165) is 25.2 Å². The molecule has 0 saturated carbocycles. The van der Waals surface area contributed by atoms with Crippen LogP contribution in [0.5, 0.6) is 0 Å². The van der Waals surface area contributed by atoms with Gasteiger partial charge in [-0.15, -0.1) is 0 Å². The van der Waals surface area contributed by atoms with E-state index in [4.69, 9.17) is 0 Å². The van der Waals surface area contributed by atoms with Crippen molar-refractivity contribution in [3.05, 3.63) is 34.9 Å². The Morgan fingerprint density at radius 1 is 1.39 bits per heavy atom. The Kier molecular flexibility index (Phi) is 4.02. The predicted octanol–water partition coefficient (Wildman–Crippen LogP) is 1.67. The van der Waals surface area contributed by atoms with Crippen LogP contribution >= 0.6 is 0 Å². The van der Waals surface area contributed by atoms with E-state index >= 15 is 0 Å². The number of amides is 1. The van der Waals surface area contributed by atoms with Crippen molar-refractivity contribution in [3.8, 4) is 0 Å². The molecule has 3 nitrogen and oxygen atoms in total. The van der Waals surface area contributed by atoms with Crippen LogP contribution in [-0.4, -0.2) is 36.5 Å². The first-order chi connectivity index (χ1) is 8.56. The van der Waals surface area contributed by atoms with E-state index in [9.17, 15) is 4.79 Å². The molecule has 1 unspecified atom stereocenters. The zero-order chi connectivity index (χ0) is 13.1. The number of nitrogens with one attached hydrogen (secondary N) is 1. The second kappa shape index (κ2) is 5.53. The Morgan fingerprint density at radius 3 is 2.83 bits per heavy atom. The van der Waals surface area contributed by atoms with Gasteiger partial charge in [-0.2, -0.15) is 0 Å². The van der Waals surface area contributed by atoms with Crippen LogP contribution < -0.4 is 5.32 Å². The lowest BCUT2D eigenvalue weighted by Crippen LogP contribution is -2.51. The maximum absolute atomic E-state index is 12.2. The summed E-state index contributed by atoms with van der Waals surface area (Å²) in [5.41, 5.74) is 3.66. The second-order valence-corrected chi connectivity index (χ2v) is 5.29. The van der Waals surface area contributed by atoms with Crippen molar-refractivity contribution < 1.29 is 4.79 Å². The number of carbonyl (C=O) groups excluding carboxylic acids is 1. The predicted molar refractivity (Wildman–Crippen MR) is 73.7 cm³/mol. The zero-order valence-electron chi connectivity index (χ0n) is 11.5. The van der Waals surface area contributed by atoms with Crippen molar-refractivity contribution in [1.82, 2.24) is 10.2 Å². The molecule has 3 heteroatoms. The Morgan fingerprint density at radius 2 is 2.17 bits per heavy atom. The summed E-state index contributed by atoms with van der Waals surface area (Å²) < 4.78 is 0. The molecule has 0 aliphatic carbocycles. The normalized spacial score (nSPS) is 19.9. The van der Waals surface area contributed by atoms with Gasteiger partial charge >= 0.3 is 0 Å². The summed E-state index contributed by atoms with van der Waals surface area (Å²) in [6.45, 7) is 8.86. The maximum Gasteiger partial charge on any atom is 0.227 e.